The Bertz CT molecular complexity index is 417. The monoisotopic (exact) mass is 284 g/mol. The molecular weight excluding hydrogens is 260 g/mol. The molecule has 0 radical (unpaired) electrons. The Balaban J connectivity index is 2.79. The molecule has 0 atom stereocenters. The van der Waals surface area contributed by atoms with E-state index in [4.69, 9.17) is 9.47 Å². The number of rotatable bonds is 7. The fraction of sp³-hybridized carbons (Fsp3) is 0.769. The molecule has 0 fully saturated rings. The Labute approximate surface area is 119 Å². The van der Waals surface area contributed by atoms with Crippen molar-refractivity contribution in [1.82, 2.24) is 20.1 Å². The Morgan fingerprint density at radius 2 is 1.75 bits per heavy atom. The van der Waals surface area contributed by atoms with Gasteiger partial charge in [-0.05, 0) is 0 Å². The van der Waals surface area contributed by atoms with Crippen molar-refractivity contribution in [3.8, 4) is 0 Å². The minimum absolute atomic E-state index is 0.171. The van der Waals surface area contributed by atoms with E-state index in [1.165, 1.54) is 0 Å². The zero-order valence-electron chi connectivity index (χ0n) is 12.9. The molecule has 0 aromatic carbocycles. The summed E-state index contributed by atoms with van der Waals surface area (Å²) in [5.41, 5.74) is -0.171. The summed E-state index contributed by atoms with van der Waals surface area (Å²) < 4.78 is 10.0. The summed E-state index contributed by atoms with van der Waals surface area (Å²) in [5.74, 6) is 0.660. The maximum absolute atomic E-state index is 12.4. The van der Waals surface area contributed by atoms with E-state index >= 15 is 0 Å². The molecule has 0 aliphatic carbocycles. The highest BCUT2D eigenvalue weighted by atomic mass is 16.5. The van der Waals surface area contributed by atoms with Gasteiger partial charge >= 0.3 is 0 Å². The van der Waals surface area contributed by atoms with Crippen LogP contribution in [0, 0.1) is 0 Å². The van der Waals surface area contributed by atoms with Crippen LogP contribution in [0.3, 0.4) is 0 Å². The molecule has 1 heterocycles. The zero-order valence-corrected chi connectivity index (χ0v) is 12.9. The first-order valence-electron chi connectivity index (χ1n) is 6.60. The molecule has 114 valence electrons. The maximum Gasteiger partial charge on any atom is 0.293 e. The van der Waals surface area contributed by atoms with Gasteiger partial charge in [0.15, 0.2) is 0 Å². The number of ether oxygens (including phenoxy) is 2. The summed E-state index contributed by atoms with van der Waals surface area (Å²) in [6, 6.07) is 0. The molecule has 0 saturated heterocycles. The smallest absolute Gasteiger partial charge is 0.293 e. The normalized spacial score (nSPS) is 11.7. The number of amides is 1. The minimum Gasteiger partial charge on any atom is -0.383 e. The molecule has 7 nitrogen and oxygen atoms in total. The van der Waals surface area contributed by atoms with Crippen LogP contribution in [0.25, 0.3) is 0 Å². The second-order valence-electron chi connectivity index (χ2n) is 5.54. The maximum atomic E-state index is 12.4. The number of aromatic nitrogens is 3. The van der Waals surface area contributed by atoms with Gasteiger partial charge in [0.25, 0.3) is 5.91 Å². The highest BCUT2D eigenvalue weighted by molar-refractivity contribution is 5.90. The van der Waals surface area contributed by atoms with Gasteiger partial charge in [-0.3, -0.25) is 9.89 Å². The van der Waals surface area contributed by atoms with E-state index in [0.717, 1.165) is 0 Å². The van der Waals surface area contributed by atoms with Crippen LogP contribution in [-0.2, 0) is 14.9 Å². The molecule has 1 rings (SSSR count). The number of carbonyl (C=O) groups is 1. The van der Waals surface area contributed by atoms with Crippen LogP contribution >= 0.6 is 0 Å². The van der Waals surface area contributed by atoms with E-state index in [9.17, 15) is 4.79 Å². The van der Waals surface area contributed by atoms with Crippen LogP contribution in [0.1, 0.15) is 37.2 Å². The molecular formula is C13H24N4O3. The molecule has 0 aliphatic rings. The fourth-order valence-corrected chi connectivity index (χ4v) is 1.55. The summed E-state index contributed by atoms with van der Waals surface area (Å²) in [4.78, 5) is 18.3. The van der Waals surface area contributed by atoms with Gasteiger partial charge in [-0.15, -0.1) is 5.10 Å². The van der Waals surface area contributed by atoms with E-state index in [1.807, 2.05) is 20.8 Å². The third-order valence-electron chi connectivity index (χ3n) is 2.80. The topological polar surface area (TPSA) is 80.3 Å². The Morgan fingerprint density at radius 1 is 1.20 bits per heavy atom. The summed E-state index contributed by atoms with van der Waals surface area (Å²) in [7, 11) is 3.20. The third-order valence-corrected chi connectivity index (χ3v) is 2.80. The molecule has 0 spiro atoms. The van der Waals surface area contributed by atoms with Crippen molar-refractivity contribution >= 4 is 5.91 Å². The van der Waals surface area contributed by atoms with Crippen LogP contribution in [0.4, 0.5) is 0 Å². The van der Waals surface area contributed by atoms with Crippen LogP contribution in [0.15, 0.2) is 0 Å². The van der Waals surface area contributed by atoms with Crippen molar-refractivity contribution in [3.05, 3.63) is 11.6 Å². The van der Waals surface area contributed by atoms with Crippen molar-refractivity contribution < 1.29 is 14.3 Å². The lowest BCUT2D eigenvalue weighted by Crippen LogP contribution is -2.37. The number of aromatic amines is 1. The van der Waals surface area contributed by atoms with Crippen molar-refractivity contribution in [2.75, 3.05) is 40.5 Å². The fourth-order valence-electron chi connectivity index (χ4n) is 1.55. The lowest BCUT2D eigenvalue weighted by Gasteiger charge is -2.20. The molecule has 0 unspecified atom stereocenters. The third kappa shape index (κ3) is 4.57. The number of methoxy groups -OCH3 is 2. The molecule has 0 bridgehead atoms. The number of hydrogen-bond acceptors (Lipinski definition) is 5. The Kier molecular flexibility index (Phi) is 6.09. The van der Waals surface area contributed by atoms with Gasteiger partial charge in [0.2, 0.25) is 5.82 Å². The van der Waals surface area contributed by atoms with Crippen LogP contribution in [-0.4, -0.2) is 66.5 Å². The first-order valence-corrected chi connectivity index (χ1v) is 6.60. The van der Waals surface area contributed by atoms with Gasteiger partial charge < -0.3 is 14.4 Å². The summed E-state index contributed by atoms with van der Waals surface area (Å²) in [6.07, 6.45) is 0. The zero-order chi connectivity index (χ0) is 15.2. The summed E-state index contributed by atoms with van der Waals surface area (Å²) in [5, 5.41) is 6.83. The molecule has 1 amide bonds. The van der Waals surface area contributed by atoms with Crippen LogP contribution in [0.5, 0.6) is 0 Å². The Hall–Kier alpha value is -1.47. The van der Waals surface area contributed by atoms with E-state index in [2.05, 4.69) is 15.2 Å². The number of hydrogen-bond donors (Lipinski definition) is 1. The second kappa shape index (κ2) is 7.35. The number of carbonyl (C=O) groups excluding carboxylic acids is 1. The molecule has 0 aliphatic heterocycles. The first-order chi connectivity index (χ1) is 9.40. The first kappa shape index (κ1) is 16.6. The standard InChI is InChI=1S/C13H24N4O3/c1-13(2,3)12-14-10(15-16-12)11(18)17(6-8-19-4)7-9-20-5/h6-9H2,1-5H3,(H,14,15,16). The van der Waals surface area contributed by atoms with Crippen molar-refractivity contribution in [1.29, 1.82) is 0 Å². The molecule has 0 saturated carbocycles. The van der Waals surface area contributed by atoms with E-state index in [0.29, 0.717) is 32.1 Å². The molecule has 7 heteroatoms. The van der Waals surface area contributed by atoms with Gasteiger partial charge in [0.05, 0.1) is 13.2 Å². The average Bonchev–Trinajstić information content (AvgIpc) is 2.87. The average molecular weight is 284 g/mol. The van der Waals surface area contributed by atoms with Crippen LogP contribution in [0.2, 0.25) is 0 Å². The van der Waals surface area contributed by atoms with Gasteiger partial charge in [0.1, 0.15) is 5.82 Å². The van der Waals surface area contributed by atoms with Gasteiger partial charge in [0, 0.05) is 32.7 Å². The van der Waals surface area contributed by atoms with Crippen molar-refractivity contribution in [2.45, 2.75) is 26.2 Å². The minimum atomic E-state index is -0.217. The van der Waals surface area contributed by atoms with Gasteiger partial charge in [-0.2, -0.15) is 0 Å². The largest absolute Gasteiger partial charge is 0.383 e. The summed E-state index contributed by atoms with van der Waals surface area (Å²) in [6.45, 7) is 7.92. The number of nitrogens with zero attached hydrogens (tertiary/aromatic N) is 3. The van der Waals surface area contributed by atoms with E-state index in [-0.39, 0.29) is 17.1 Å². The number of nitrogens with one attached hydrogen (secondary N) is 1. The van der Waals surface area contributed by atoms with Crippen LogP contribution < -0.4 is 0 Å². The lowest BCUT2D eigenvalue weighted by molar-refractivity contribution is 0.0616. The van der Waals surface area contributed by atoms with Crippen molar-refractivity contribution in [3.63, 3.8) is 0 Å². The van der Waals surface area contributed by atoms with E-state index < -0.39 is 0 Å². The SMILES string of the molecule is COCCN(CCOC)C(=O)c1n[nH]c(C(C)(C)C)n1. The van der Waals surface area contributed by atoms with Gasteiger partial charge in [-0.1, -0.05) is 20.8 Å². The molecule has 1 aromatic rings. The predicted octanol–water partition coefficient (Wildman–Crippen LogP) is 0.837. The highest BCUT2D eigenvalue weighted by Crippen LogP contribution is 2.17. The Morgan fingerprint density at radius 3 is 2.15 bits per heavy atom. The second-order valence-corrected chi connectivity index (χ2v) is 5.54. The molecule has 1 aromatic heterocycles. The van der Waals surface area contributed by atoms with Crippen molar-refractivity contribution in [2.24, 2.45) is 0 Å². The summed E-state index contributed by atoms with van der Waals surface area (Å²) >= 11 is 0. The highest BCUT2D eigenvalue weighted by Gasteiger charge is 2.24. The van der Waals surface area contributed by atoms with Gasteiger partial charge in [-0.25, -0.2) is 4.98 Å². The quantitative estimate of drug-likeness (QED) is 0.802. The lowest BCUT2D eigenvalue weighted by atomic mass is 9.96. The predicted molar refractivity (Wildman–Crippen MR) is 74.7 cm³/mol. The van der Waals surface area contributed by atoms with E-state index in [1.54, 1.807) is 19.1 Å². The molecule has 20 heavy (non-hydrogen) atoms. The molecule has 1 N–H and O–H groups in total. The number of H-pyrrole nitrogens is 1.